The van der Waals surface area contributed by atoms with Crippen molar-refractivity contribution in [3.8, 4) is 0 Å². The highest BCUT2D eigenvalue weighted by Crippen LogP contribution is 2.18. The summed E-state index contributed by atoms with van der Waals surface area (Å²) in [6, 6.07) is -0.603. The minimum atomic E-state index is -0.703. The number of carbonyl (C=O) groups excluding carboxylic acids is 3. The molecule has 8 heteroatoms. The smallest absolute Gasteiger partial charge is 0.335 e. The third-order valence-corrected chi connectivity index (χ3v) is 3.61. The maximum absolute atomic E-state index is 11.7. The average Bonchev–Trinajstić information content (AvgIpc) is 2.32. The van der Waals surface area contributed by atoms with Crippen LogP contribution in [0.4, 0.5) is 4.79 Å². The van der Waals surface area contributed by atoms with Crippen LogP contribution in [0.2, 0.25) is 0 Å². The number of hydrogen-bond donors (Lipinski definition) is 3. The van der Waals surface area contributed by atoms with Gasteiger partial charge in [0.05, 0.1) is 6.61 Å². The van der Waals surface area contributed by atoms with Crippen LogP contribution in [-0.4, -0.2) is 35.1 Å². The van der Waals surface area contributed by atoms with Gasteiger partial charge in [-0.1, -0.05) is 13.8 Å². The van der Waals surface area contributed by atoms with E-state index < -0.39 is 22.6 Å². The Labute approximate surface area is 116 Å². The number of nitrogens with one attached hydrogen (secondary N) is 3. The first kappa shape index (κ1) is 15.8. The van der Waals surface area contributed by atoms with E-state index in [0.29, 0.717) is 12.5 Å². The van der Waals surface area contributed by atoms with Gasteiger partial charge in [-0.05, 0) is 19.3 Å². The van der Waals surface area contributed by atoms with Crippen LogP contribution in [0.15, 0.2) is 0 Å². The lowest BCUT2D eigenvalue weighted by atomic mass is 10.1. The van der Waals surface area contributed by atoms with Crippen LogP contribution in [-0.2, 0) is 14.3 Å². The summed E-state index contributed by atoms with van der Waals surface area (Å²) in [4.78, 5) is 34.0. The number of amides is 3. The lowest BCUT2D eigenvalue weighted by Gasteiger charge is -2.24. The van der Waals surface area contributed by atoms with E-state index in [1.165, 1.54) is 0 Å². The number of hydrazine groups is 1. The normalized spacial score (nSPS) is 20.7. The standard InChI is InChI=1S/C11H19N3O4S/c1-6(2)4-5-18-10(16)7(3)19-9-8(15)12-11(17)14-13-9/h6-7,9,13H,4-5H2,1-3H3,(H2,12,14,15,17). The summed E-state index contributed by atoms with van der Waals surface area (Å²) in [6.07, 6.45) is 0.807. The lowest BCUT2D eigenvalue weighted by molar-refractivity contribution is -0.142. The van der Waals surface area contributed by atoms with Gasteiger partial charge in [-0.2, -0.15) is 0 Å². The fourth-order valence-corrected chi connectivity index (χ4v) is 2.17. The van der Waals surface area contributed by atoms with E-state index in [-0.39, 0.29) is 5.97 Å². The molecule has 0 aromatic carbocycles. The Kier molecular flexibility index (Phi) is 6.10. The Morgan fingerprint density at radius 2 is 2.05 bits per heavy atom. The molecule has 2 atom stereocenters. The molecule has 1 saturated heterocycles. The first-order chi connectivity index (χ1) is 8.90. The quantitative estimate of drug-likeness (QED) is 0.611. The van der Waals surface area contributed by atoms with E-state index in [9.17, 15) is 14.4 Å². The third-order valence-electron chi connectivity index (χ3n) is 2.40. The predicted molar refractivity (Wildman–Crippen MR) is 71.1 cm³/mol. The minimum absolute atomic E-state index is 0.364. The SMILES string of the molecule is CC(C)CCOC(=O)C(C)SC1NNC(=O)NC1=O. The van der Waals surface area contributed by atoms with Gasteiger partial charge in [0.1, 0.15) is 5.25 Å². The average molecular weight is 289 g/mol. The Balaban J connectivity index is 2.33. The number of esters is 1. The number of rotatable bonds is 6. The molecule has 0 bridgehead atoms. The molecule has 1 aliphatic rings. The molecule has 3 N–H and O–H groups in total. The molecule has 1 aliphatic heterocycles. The van der Waals surface area contributed by atoms with Gasteiger partial charge < -0.3 is 4.74 Å². The molecular formula is C11H19N3O4S. The van der Waals surface area contributed by atoms with Crippen molar-refractivity contribution in [2.75, 3.05) is 6.61 Å². The highest BCUT2D eigenvalue weighted by molar-refractivity contribution is 8.01. The van der Waals surface area contributed by atoms with Gasteiger partial charge in [-0.3, -0.25) is 20.3 Å². The van der Waals surface area contributed by atoms with Crippen molar-refractivity contribution in [3.05, 3.63) is 0 Å². The van der Waals surface area contributed by atoms with Gasteiger partial charge in [-0.25, -0.2) is 10.2 Å². The summed E-state index contributed by atoms with van der Waals surface area (Å²) in [5.74, 6) is -0.371. The second kappa shape index (κ2) is 7.34. The van der Waals surface area contributed by atoms with Crippen LogP contribution in [0.1, 0.15) is 27.2 Å². The van der Waals surface area contributed by atoms with Crippen molar-refractivity contribution in [1.82, 2.24) is 16.2 Å². The molecule has 0 aromatic rings. The molecule has 0 aromatic heterocycles. The maximum Gasteiger partial charge on any atom is 0.335 e. The zero-order chi connectivity index (χ0) is 14.4. The fourth-order valence-electron chi connectivity index (χ4n) is 1.27. The summed E-state index contributed by atoms with van der Waals surface area (Å²) in [7, 11) is 0. The Hall–Kier alpha value is -1.28. The van der Waals surface area contributed by atoms with E-state index in [0.717, 1.165) is 18.2 Å². The van der Waals surface area contributed by atoms with Crippen molar-refractivity contribution in [2.24, 2.45) is 5.92 Å². The summed E-state index contributed by atoms with van der Waals surface area (Å²) >= 11 is 1.09. The Morgan fingerprint density at radius 1 is 1.37 bits per heavy atom. The minimum Gasteiger partial charge on any atom is -0.465 e. The van der Waals surface area contributed by atoms with Gasteiger partial charge in [0, 0.05) is 0 Å². The van der Waals surface area contributed by atoms with E-state index in [4.69, 9.17) is 4.74 Å². The van der Waals surface area contributed by atoms with Crippen molar-refractivity contribution in [3.63, 3.8) is 0 Å². The molecule has 1 heterocycles. The molecule has 3 amide bonds. The number of hydrogen-bond acceptors (Lipinski definition) is 6. The molecule has 0 radical (unpaired) electrons. The lowest BCUT2D eigenvalue weighted by Crippen LogP contribution is -2.61. The van der Waals surface area contributed by atoms with E-state index in [1.54, 1.807) is 6.92 Å². The van der Waals surface area contributed by atoms with Gasteiger partial charge >= 0.3 is 12.0 Å². The second-order valence-electron chi connectivity index (χ2n) is 4.60. The largest absolute Gasteiger partial charge is 0.465 e. The first-order valence-corrected chi connectivity index (χ1v) is 7.03. The molecule has 1 rings (SSSR count). The van der Waals surface area contributed by atoms with Crippen LogP contribution < -0.4 is 16.2 Å². The zero-order valence-electron chi connectivity index (χ0n) is 11.2. The van der Waals surface area contributed by atoms with Crippen LogP contribution in [0.3, 0.4) is 0 Å². The third kappa shape index (κ3) is 5.48. The predicted octanol–water partition coefficient (Wildman–Crippen LogP) is 0.368. The molecule has 0 spiro atoms. The molecule has 19 heavy (non-hydrogen) atoms. The Bertz CT molecular complexity index is 362. The number of imide groups is 1. The molecule has 1 fully saturated rings. The Morgan fingerprint density at radius 3 is 2.63 bits per heavy atom. The number of urea groups is 1. The topological polar surface area (TPSA) is 96.5 Å². The zero-order valence-corrected chi connectivity index (χ0v) is 12.0. The van der Waals surface area contributed by atoms with Crippen molar-refractivity contribution >= 4 is 29.7 Å². The number of ether oxygens (including phenoxy) is 1. The second-order valence-corrected chi connectivity index (χ2v) is 6.05. The summed E-state index contributed by atoms with van der Waals surface area (Å²) in [6.45, 7) is 6.13. The fraction of sp³-hybridized carbons (Fsp3) is 0.727. The summed E-state index contributed by atoms with van der Waals surface area (Å²) in [5, 5.41) is 0.909. The molecular weight excluding hydrogens is 270 g/mol. The molecule has 2 unspecified atom stereocenters. The van der Waals surface area contributed by atoms with Crippen molar-refractivity contribution < 1.29 is 19.1 Å². The molecule has 7 nitrogen and oxygen atoms in total. The van der Waals surface area contributed by atoms with Gasteiger partial charge in [0.2, 0.25) is 0 Å². The molecule has 108 valence electrons. The molecule has 0 aliphatic carbocycles. The first-order valence-electron chi connectivity index (χ1n) is 6.08. The van der Waals surface area contributed by atoms with Crippen LogP contribution in [0.5, 0.6) is 0 Å². The van der Waals surface area contributed by atoms with Gasteiger partial charge in [0.15, 0.2) is 5.37 Å². The van der Waals surface area contributed by atoms with Gasteiger partial charge in [-0.15, -0.1) is 11.8 Å². The van der Waals surface area contributed by atoms with E-state index in [1.807, 2.05) is 13.8 Å². The monoisotopic (exact) mass is 289 g/mol. The van der Waals surface area contributed by atoms with Crippen LogP contribution in [0, 0.1) is 5.92 Å². The summed E-state index contributed by atoms with van der Waals surface area (Å²) in [5.41, 5.74) is 4.79. The van der Waals surface area contributed by atoms with E-state index in [2.05, 4.69) is 16.2 Å². The van der Waals surface area contributed by atoms with Crippen LogP contribution in [0.25, 0.3) is 0 Å². The maximum atomic E-state index is 11.7. The van der Waals surface area contributed by atoms with Crippen molar-refractivity contribution in [1.29, 1.82) is 0 Å². The highest BCUT2D eigenvalue weighted by Gasteiger charge is 2.30. The number of thioether (sulfide) groups is 1. The van der Waals surface area contributed by atoms with E-state index >= 15 is 0 Å². The highest BCUT2D eigenvalue weighted by atomic mass is 32.2. The van der Waals surface area contributed by atoms with Crippen molar-refractivity contribution in [2.45, 2.75) is 37.8 Å². The number of carbonyl (C=O) groups is 3. The summed E-state index contributed by atoms with van der Waals surface area (Å²) < 4.78 is 5.11. The van der Waals surface area contributed by atoms with Gasteiger partial charge in [0.25, 0.3) is 5.91 Å². The van der Waals surface area contributed by atoms with Crippen LogP contribution >= 0.6 is 11.8 Å². The molecule has 0 saturated carbocycles.